The van der Waals surface area contributed by atoms with Gasteiger partial charge in [0.25, 0.3) is 5.91 Å². The molecule has 1 aliphatic rings. The summed E-state index contributed by atoms with van der Waals surface area (Å²) < 4.78 is 5.27. The van der Waals surface area contributed by atoms with Gasteiger partial charge < -0.3 is 9.64 Å². The number of carbonyl (C=O) groups excluding carboxylic acids is 1. The molecule has 1 fully saturated rings. The van der Waals surface area contributed by atoms with Crippen LogP contribution in [0.2, 0.25) is 5.02 Å². The minimum atomic E-state index is 0.0871. The molecule has 0 bridgehead atoms. The quantitative estimate of drug-likeness (QED) is 0.821. The SMILES string of the molecule is COc1cccc(CCN2CCN(C(=O)c3ccc(Cl)cc3)CC2)c1. The molecule has 25 heavy (non-hydrogen) atoms. The minimum absolute atomic E-state index is 0.0871. The Hall–Kier alpha value is -2.04. The molecule has 1 heterocycles. The van der Waals surface area contributed by atoms with Gasteiger partial charge in [0.05, 0.1) is 7.11 Å². The van der Waals surface area contributed by atoms with E-state index in [1.807, 2.05) is 17.0 Å². The van der Waals surface area contributed by atoms with E-state index in [-0.39, 0.29) is 5.91 Å². The molecule has 1 amide bonds. The van der Waals surface area contributed by atoms with Crippen LogP contribution in [0.3, 0.4) is 0 Å². The molecule has 0 atom stereocenters. The van der Waals surface area contributed by atoms with Crippen molar-refractivity contribution in [2.75, 3.05) is 39.8 Å². The number of piperazine rings is 1. The first kappa shape index (κ1) is 17.8. The van der Waals surface area contributed by atoms with Gasteiger partial charge in [0, 0.05) is 43.3 Å². The first-order valence-corrected chi connectivity index (χ1v) is 8.93. The van der Waals surface area contributed by atoms with Crippen molar-refractivity contribution in [3.05, 3.63) is 64.7 Å². The van der Waals surface area contributed by atoms with Gasteiger partial charge in [0.15, 0.2) is 0 Å². The van der Waals surface area contributed by atoms with Crippen LogP contribution in [-0.4, -0.2) is 55.5 Å². The zero-order valence-corrected chi connectivity index (χ0v) is 15.2. The van der Waals surface area contributed by atoms with Crippen LogP contribution in [0.4, 0.5) is 0 Å². The maximum Gasteiger partial charge on any atom is 0.253 e. The summed E-state index contributed by atoms with van der Waals surface area (Å²) in [5, 5.41) is 0.652. The largest absolute Gasteiger partial charge is 0.497 e. The molecule has 2 aromatic rings. The van der Waals surface area contributed by atoms with Crippen molar-refractivity contribution >= 4 is 17.5 Å². The molecule has 5 heteroatoms. The maximum absolute atomic E-state index is 12.5. The first-order chi connectivity index (χ1) is 12.2. The molecular formula is C20H23ClN2O2. The van der Waals surface area contributed by atoms with Crippen molar-refractivity contribution in [1.29, 1.82) is 0 Å². The van der Waals surface area contributed by atoms with Crippen LogP contribution >= 0.6 is 11.6 Å². The van der Waals surface area contributed by atoms with E-state index >= 15 is 0 Å². The van der Waals surface area contributed by atoms with Gasteiger partial charge in [-0.25, -0.2) is 0 Å². The molecule has 0 spiro atoms. The lowest BCUT2D eigenvalue weighted by Gasteiger charge is -2.34. The van der Waals surface area contributed by atoms with E-state index in [9.17, 15) is 4.79 Å². The van der Waals surface area contributed by atoms with Crippen LogP contribution in [0.1, 0.15) is 15.9 Å². The van der Waals surface area contributed by atoms with E-state index in [1.165, 1.54) is 5.56 Å². The highest BCUT2D eigenvalue weighted by Crippen LogP contribution is 2.15. The number of benzene rings is 2. The Kier molecular flexibility index (Phi) is 5.95. The Morgan fingerprint density at radius 3 is 2.48 bits per heavy atom. The van der Waals surface area contributed by atoms with Crippen LogP contribution in [-0.2, 0) is 6.42 Å². The summed E-state index contributed by atoms with van der Waals surface area (Å²) in [6.07, 6.45) is 0.988. The maximum atomic E-state index is 12.5. The number of carbonyl (C=O) groups is 1. The summed E-state index contributed by atoms with van der Waals surface area (Å²) in [5.41, 5.74) is 1.98. The molecule has 0 N–H and O–H groups in total. The number of hydrogen-bond donors (Lipinski definition) is 0. The van der Waals surface area contributed by atoms with Gasteiger partial charge >= 0.3 is 0 Å². The Morgan fingerprint density at radius 1 is 1.08 bits per heavy atom. The molecular weight excluding hydrogens is 336 g/mol. The van der Waals surface area contributed by atoms with E-state index in [2.05, 4.69) is 17.0 Å². The molecule has 0 saturated carbocycles. The number of methoxy groups -OCH3 is 1. The summed E-state index contributed by atoms with van der Waals surface area (Å²) in [4.78, 5) is 16.8. The van der Waals surface area contributed by atoms with E-state index in [1.54, 1.807) is 31.4 Å². The topological polar surface area (TPSA) is 32.8 Å². The second kappa shape index (κ2) is 8.37. The molecule has 0 unspecified atom stereocenters. The van der Waals surface area contributed by atoms with Crippen LogP contribution in [0.15, 0.2) is 48.5 Å². The third-order valence-corrected chi connectivity index (χ3v) is 4.85. The Bertz CT molecular complexity index is 710. The molecule has 3 rings (SSSR count). The summed E-state index contributed by atoms with van der Waals surface area (Å²) in [6.45, 7) is 4.34. The summed E-state index contributed by atoms with van der Waals surface area (Å²) in [6, 6.07) is 15.3. The minimum Gasteiger partial charge on any atom is -0.497 e. The molecule has 1 saturated heterocycles. The van der Waals surface area contributed by atoms with E-state index in [0.29, 0.717) is 10.6 Å². The fraction of sp³-hybridized carbons (Fsp3) is 0.350. The van der Waals surface area contributed by atoms with Gasteiger partial charge in [0.1, 0.15) is 5.75 Å². The van der Waals surface area contributed by atoms with Gasteiger partial charge in [-0.05, 0) is 48.4 Å². The summed E-state index contributed by atoms with van der Waals surface area (Å²) in [7, 11) is 1.69. The average Bonchev–Trinajstić information content (AvgIpc) is 2.67. The number of hydrogen-bond acceptors (Lipinski definition) is 3. The molecule has 1 aliphatic heterocycles. The second-order valence-corrected chi connectivity index (χ2v) is 6.68. The van der Waals surface area contributed by atoms with Gasteiger partial charge in [-0.15, -0.1) is 0 Å². The Labute approximate surface area is 154 Å². The third kappa shape index (κ3) is 4.74. The highest BCUT2D eigenvalue weighted by Gasteiger charge is 2.21. The predicted octanol–water partition coefficient (Wildman–Crippen LogP) is 3.35. The van der Waals surface area contributed by atoms with Crippen molar-refractivity contribution in [1.82, 2.24) is 9.80 Å². The number of ether oxygens (including phenoxy) is 1. The molecule has 0 radical (unpaired) electrons. The number of amides is 1. The zero-order valence-electron chi connectivity index (χ0n) is 14.5. The Balaban J connectivity index is 1.48. The van der Waals surface area contributed by atoms with Crippen LogP contribution in [0.5, 0.6) is 5.75 Å². The van der Waals surface area contributed by atoms with Gasteiger partial charge in [-0.2, -0.15) is 0 Å². The summed E-state index contributed by atoms with van der Waals surface area (Å²) >= 11 is 5.89. The molecule has 0 aliphatic carbocycles. The lowest BCUT2D eigenvalue weighted by atomic mass is 10.1. The average molecular weight is 359 g/mol. The number of nitrogens with zero attached hydrogens (tertiary/aromatic N) is 2. The number of rotatable bonds is 5. The molecule has 0 aromatic heterocycles. The van der Waals surface area contributed by atoms with Crippen LogP contribution in [0.25, 0.3) is 0 Å². The van der Waals surface area contributed by atoms with Crippen molar-refractivity contribution < 1.29 is 9.53 Å². The van der Waals surface area contributed by atoms with Crippen molar-refractivity contribution in [2.24, 2.45) is 0 Å². The molecule has 4 nitrogen and oxygen atoms in total. The van der Waals surface area contributed by atoms with Gasteiger partial charge in [-0.1, -0.05) is 23.7 Å². The van der Waals surface area contributed by atoms with E-state index in [4.69, 9.17) is 16.3 Å². The Morgan fingerprint density at radius 2 is 1.80 bits per heavy atom. The third-order valence-electron chi connectivity index (χ3n) is 4.60. The summed E-state index contributed by atoms with van der Waals surface area (Å²) in [5.74, 6) is 0.986. The highest BCUT2D eigenvalue weighted by molar-refractivity contribution is 6.30. The second-order valence-electron chi connectivity index (χ2n) is 6.24. The normalized spacial score (nSPS) is 15.2. The smallest absolute Gasteiger partial charge is 0.253 e. The monoisotopic (exact) mass is 358 g/mol. The zero-order chi connectivity index (χ0) is 17.6. The first-order valence-electron chi connectivity index (χ1n) is 8.56. The highest BCUT2D eigenvalue weighted by atomic mass is 35.5. The van der Waals surface area contributed by atoms with Gasteiger partial charge in [0.2, 0.25) is 0 Å². The lowest BCUT2D eigenvalue weighted by molar-refractivity contribution is 0.0638. The molecule has 132 valence electrons. The fourth-order valence-corrected chi connectivity index (χ4v) is 3.19. The van der Waals surface area contributed by atoms with Crippen molar-refractivity contribution in [2.45, 2.75) is 6.42 Å². The van der Waals surface area contributed by atoms with Crippen molar-refractivity contribution in [3.63, 3.8) is 0 Å². The van der Waals surface area contributed by atoms with Crippen molar-refractivity contribution in [3.8, 4) is 5.75 Å². The van der Waals surface area contributed by atoms with Gasteiger partial charge in [-0.3, -0.25) is 9.69 Å². The van der Waals surface area contributed by atoms with E-state index in [0.717, 1.165) is 44.9 Å². The number of halogens is 1. The molecule has 2 aromatic carbocycles. The fourth-order valence-electron chi connectivity index (χ4n) is 3.06. The standard InChI is InChI=1S/C20H23ClN2O2/c1-25-19-4-2-3-16(15-19)9-10-22-11-13-23(14-12-22)20(24)17-5-7-18(21)8-6-17/h2-8,15H,9-14H2,1H3. The predicted molar refractivity (Wildman–Crippen MR) is 100 cm³/mol. The van der Waals surface area contributed by atoms with E-state index < -0.39 is 0 Å². The lowest BCUT2D eigenvalue weighted by Crippen LogP contribution is -2.49. The van der Waals surface area contributed by atoms with Crippen LogP contribution < -0.4 is 4.74 Å². The van der Waals surface area contributed by atoms with Crippen LogP contribution in [0, 0.1) is 0 Å².